The molecule has 2 N–H and O–H groups in total. The predicted molar refractivity (Wildman–Crippen MR) is 75.0 cm³/mol. The van der Waals surface area contributed by atoms with Crippen LogP contribution in [0.25, 0.3) is 0 Å². The second kappa shape index (κ2) is 5.72. The van der Waals surface area contributed by atoms with Gasteiger partial charge in [0.25, 0.3) is 0 Å². The fraction of sp³-hybridized carbons (Fsp3) is 0.500. The number of carbonyl (C=O) groups excluding carboxylic acids is 1. The fourth-order valence-electron chi connectivity index (χ4n) is 2.36. The van der Waals surface area contributed by atoms with E-state index in [2.05, 4.69) is 17.6 Å². The Bertz CT molecular complexity index is 410. The van der Waals surface area contributed by atoms with Crippen molar-refractivity contribution in [2.75, 3.05) is 11.9 Å². The van der Waals surface area contributed by atoms with Crippen LogP contribution in [0.3, 0.4) is 0 Å². The third kappa shape index (κ3) is 3.72. The maximum absolute atomic E-state index is 11.8. The minimum atomic E-state index is -0.00884. The van der Waals surface area contributed by atoms with Crippen molar-refractivity contribution in [3.8, 4) is 0 Å². The SMILES string of the molecule is CC1(NCC(=O)Nc2ccc(Cl)cc2)CCCC1. The van der Waals surface area contributed by atoms with Gasteiger partial charge < -0.3 is 10.6 Å². The smallest absolute Gasteiger partial charge is 0.238 e. The summed E-state index contributed by atoms with van der Waals surface area (Å²) in [5.74, 6) is -0.00884. The molecular formula is C14H19ClN2O. The van der Waals surface area contributed by atoms with Crippen LogP contribution >= 0.6 is 11.6 Å². The summed E-state index contributed by atoms with van der Waals surface area (Å²) in [5.41, 5.74) is 0.917. The molecule has 0 saturated heterocycles. The molecule has 2 rings (SSSR count). The predicted octanol–water partition coefficient (Wildman–Crippen LogP) is 3.20. The molecule has 1 fully saturated rings. The molecule has 1 aromatic rings. The van der Waals surface area contributed by atoms with E-state index in [0.29, 0.717) is 11.6 Å². The molecule has 0 unspecified atom stereocenters. The van der Waals surface area contributed by atoms with Crippen LogP contribution in [-0.4, -0.2) is 18.0 Å². The van der Waals surface area contributed by atoms with Crippen molar-refractivity contribution >= 4 is 23.2 Å². The van der Waals surface area contributed by atoms with Crippen molar-refractivity contribution in [3.63, 3.8) is 0 Å². The average molecular weight is 267 g/mol. The Hall–Kier alpha value is -1.06. The minimum Gasteiger partial charge on any atom is -0.325 e. The van der Waals surface area contributed by atoms with E-state index >= 15 is 0 Å². The van der Waals surface area contributed by atoms with E-state index in [9.17, 15) is 4.79 Å². The van der Waals surface area contributed by atoms with E-state index in [4.69, 9.17) is 11.6 Å². The number of nitrogens with one attached hydrogen (secondary N) is 2. The first-order valence-corrected chi connectivity index (χ1v) is 6.76. The maximum atomic E-state index is 11.8. The third-order valence-corrected chi connectivity index (χ3v) is 3.76. The molecule has 4 heteroatoms. The number of carbonyl (C=O) groups is 1. The molecule has 0 aliphatic heterocycles. The van der Waals surface area contributed by atoms with Gasteiger partial charge in [-0.2, -0.15) is 0 Å². The van der Waals surface area contributed by atoms with Gasteiger partial charge in [0.2, 0.25) is 5.91 Å². The van der Waals surface area contributed by atoms with Gasteiger partial charge >= 0.3 is 0 Å². The van der Waals surface area contributed by atoms with Gasteiger partial charge in [-0.15, -0.1) is 0 Å². The van der Waals surface area contributed by atoms with Crippen molar-refractivity contribution in [1.29, 1.82) is 0 Å². The Morgan fingerprint density at radius 1 is 1.28 bits per heavy atom. The van der Waals surface area contributed by atoms with Gasteiger partial charge in [0.1, 0.15) is 0 Å². The van der Waals surface area contributed by atoms with Crippen LogP contribution in [0.5, 0.6) is 0 Å². The number of anilines is 1. The summed E-state index contributed by atoms with van der Waals surface area (Å²) >= 11 is 5.79. The van der Waals surface area contributed by atoms with Gasteiger partial charge in [-0.25, -0.2) is 0 Å². The molecule has 3 nitrogen and oxygen atoms in total. The molecular weight excluding hydrogens is 248 g/mol. The summed E-state index contributed by atoms with van der Waals surface area (Å²) in [5, 5.41) is 6.87. The van der Waals surface area contributed by atoms with E-state index < -0.39 is 0 Å². The summed E-state index contributed by atoms with van der Waals surface area (Å²) in [6, 6.07) is 7.14. The Labute approximate surface area is 113 Å². The number of hydrogen-bond acceptors (Lipinski definition) is 2. The van der Waals surface area contributed by atoms with Gasteiger partial charge in [-0.1, -0.05) is 24.4 Å². The number of halogens is 1. The average Bonchev–Trinajstić information content (AvgIpc) is 2.78. The molecule has 0 heterocycles. The Morgan fingerprint density at radius 2 is 1.89 bits per heavy atom. The summed E-state index contributed by atoms with van der Waals surface area (Å²) in [4.78, 5) is 11.8. The zero-order chi connectivity index (χ0) is 13.0. The first-order valence-electron chi connectivity index (χ1n) is 6.38. The van der Waals surface area contributed by atoms with Crippen molar-refractivity contribution in [2.45, 2.75) is 38.1 Å². The lowest BCUT2D eigenvalue weighted by atomic mass is 10.0. The van der Waals surface area contributed by atoms with Crippen LogP contribution in [0.15, 0.2) is 24.3 Å². The molecule has 1 saturated carbocycles. The molecule has 0 atom stereocenters. The molecule has 98 valence electrons. The summed E-state index contributed by atoms with van der Waals surface area (Å²) in [7, 11) is 0. The number of hydrogen-bond donors (Lipinski definition) is 2. The van der Waals surface area contributed by atoms with Crippen LogP contribution in [-0.2, 0) is 4.79 Å². The second-order valence-corrected chi connectivity index (χ2v) is 5.61. The normalized spacial score (nSPS) is 17.7. The van der Waals surface area contributed by atoms with Crippen LogP contribution in [0.1, 0.15) is 32.6 Å². The lowest BCUT2D eigenvalue weighted by Crippen LogP contribution is -2.43. The largest absolute Gasteiger partial charge is 0.325 e. The Morgan fingerprint density at radius 3 is 2.50 bits per heavy atom. The minimum absolute atomic E-state index is 0.00884. The fourth-order valence-corrected chi connectivity index (χ4v) is 2.49. The van der Waals surface area contributed by atoms with Crippen molar-refractivity contribution < 1.29 is 4.79 Å². The quantitative estimate of drug-likeness (QED) is 0.879. The third-order valence-electron chi connectivity index (χ3n) is 3.51. The number of amides is 1. The maximum Gasteiger partial charge on any atom is 0.238 e. The van der Waals surface area contributed by atoms with Crippen LogP contribution in [0.4, 0.5) is 5.69 Å². The molecule has 0 aromatic heterocycles. The monoisotopic (exact) mass is 266 g/mol. The molecule has 1 aromatic carbocycles. The van der Waals surface area contributed by atoms with Gasteiger partial charge in [-0.3, -0.25) is 4.79 Å². The second-order valence-electron chi connectivity index (χ2n) is 5.18. The molecule has 0 spiro atoms. The molecule has 18 heavy (non-hydrogen) atoms. The molecule has 0 radical (unpaired) electrons. The highest BCUT2D eigenvalue weighted by Crippen LogP contribution is 2.28. The van der Waals surface area contributed by atoms with E-state index in [1.165, 1.54) is 12.8 Å². The highest BCUT2D eigenvalue weighted by Gasteiger charge is 2.28. The Kier molecular flexibility index (Phi) is 4.25. The summed E-state index contributed by atoms with van der Waals surface area (Å²) in [6.45, 7) is 2.55. The summed E-state index contributed by atoms with van der Waals surface area (Å²) < 4.78 is 0. The highest BCUT2D eigenvalue weighted by atomic mass is 35.5. The standard InChI is InChI=1S/C14H19ClN2O/c1-14(8-2-3-9-14)16-10-13(18)17-12-6-4-11(15)5-7-12/h4-7,16H,2-3,8-10H2,1H3,(H,17,18). The van der Waals surface area contributed by atoms with Crippen molar-refractivity contribution in [2.24, 2.45) is 0 Å². The van der Waals surface area contributed by atoms with Gasteiger partial charge in [0.05, 0.1) is 6.54 Å². The lowest BCUT2D eigenvalue weighted by molar-refractivity contribution is -0.115. The molecule has 1 aliphatic carbocycles. The first kappa shape index (κ1) is 13.4. The number of benzene rings is 1. The Balaban J connectivity index is 1.80. The molecule has 1 aliphatic rings. The highest BCUT2D eigenvalue weighted by molar-refractivity contribution is 6.30. The van der Waals surface area contributed by atoms with E-state index in [1.54, 1.807) is 24.3 Å². The van der Waals surface area contributed by atoms with Crippen LogP contribution < -0.4 is 10.6 Å². The molecule has 1 amide bonds. The number of rotatable bonds is 4. The topological polar surface area (TPSA) is 41.1 Å². The van der Waals surface area contributed by atoms with Crippen LogP contribution in [0, 0.1) is 0 Å². The van der Waals surface area contributed by atoms with E-state index in [0.717, 1.165) is 18.5 Å². The molecule has 0 bridgehead atoms. The van der Waals surface area contributed by atoms with E-state index in [1.807, 2.05) is 0 Å². The van der Waals surface area contributed by atoms with E-state index in [-0.39, 0.29) is 11.4 Å². The van der Waals surface area contributed by atoms with Crippen molar-refractivity contribution in [3.05, 3.63) is 29.3 Å². The van der Waals surface area contributed by atoms with Crippen molar-refractivity contribution in [1.82, 2.24) is 5.32 Å². The van der Waals surface area contributed by atoms with Gasteiger partial charge in [0.15, 0.2) is 0 Å². The zero-order valence-electron chi connectivity index (χ0n) is 10.6. The van der Waals surface area contributed by atoms with Gasteiger partial charge in [0, 0.05) is 16.2 Å². The van der Waals surface area contributed by atoms with Crippen LogP contribution in [0.2, 0.25) is 5.02 Å². The summed E-state index contributed by atoms with van der Waals surface area (Å²) in [6.07, 6.45) is 4.81. The zero-order valence-corrected chi connectivity index (χ0v) is 11.4. The lowest BCUT2D eigenvalue weighted by Gasteiger charge is -2.24. The van der Waals surface area contributed by atoms with Gasteiger partial charge in [-0.05, 0) is 44.0 Å². The first-order chi connectivity index (χ1) is 8.57.